The summed E-state index contributed by atoms with van der Waals surface area (Å²) < 4.78 is 10.3. The van der Waals surface area contributed by atoms with Crippen molar-refractivity contribution in [3.63, 3.8) is 0 Å². The lowest BCUT2D eigenvalue weighted by molar-refractivity contribution is 0.0527. The molecule has 1 aromatic carbocycles. The summed E-state index contributed by atoms with van der Waals surface area (Å²) in [6, 6.07) is 7.95. The molecule has 0 aromatic heterocycles. The first kappa shape index (κ1) is 15.3. The minimum absolute atomic E-state index is 0.359. The van der Waals surface area contributed by atoms with E-state index in [1.54, 1.807) is 7.11 Å². The molecule has 4 nitrogen and oxygen atoms in total. The van der Waals surface area contributed by atoms with Crippen LogP contribution in [0.3, 0.4) is 0 Å². The van der Waals surface area contributed by atoms with Gasteiger partial charge < -0.3 is 14.8 Å². The lowest BCUT2D eigenvalue weighted by Crippen LogP contribution is -2.33. The fourth-order valence-corrected chi connectivity index (χ4v) is 1.59. The fourth-order valence-electron chi connectivity index (χ4n) is 1.59. The number of alkyl carbamates (subject to hydrolysis) is 1. The number of aryl methyl sites for hydroxylation is 1. The van der Waals surface area contributed by atoms with Crippen molar-refractivity contribution in [1.82, 2.24) is 5.32 Å². The Kier molecular flexibility index (Phi) is 5.67. The highest BCUT2D eigenvalue weighted by atomic mass is 16.6. The van der Waals surface area contributed by atoms with Crippen LogP contribution in [0.2, 0.25) is 0 Å². The minimum atomic E-state index is -0.444. The zero-order chi connectivity index (χ0) is 14.3. The number of amides is 1. The van der Waals surface area contributed by atoms with Crippen LogP contribution in [-0.2, 0) is 11.2 Å². The zero-order valence-electron chi connectivity index (χ0n) is 12.2. The Hall–Kier alpha value is -1.71. The standard InChI is InChI=1S/C15H23NO3/c1-15(2,3)19-14(17)16-11-5-6-12-7-9-13(18-4)10-8-12/h7-10H,5-6,11H2,1-4H3,(H,16,17). The summed E-state index contributed by atoms with van der Waals surface area (Å²) in [5.74, 6) is 0.857. The number of nitrogens with one attached hydrogen (secondary N) is 1. The van der Waals surface area contributed by atoms with Gasteiger partial charge in [0.15, 0.2) is 0 Å². The summed E-state index contributed by atoms with van der Waals surface area (Å²) in [6.45, 7) is 6.17. The number of carbonyl (C=O) groups is 1. The first-order valence-electron chi connectivity index (χ1n) is 6.50. The van der Waals surface area contributed by atoms with Crippen LogP contribution in [0.15, 0.2) is 24.3 Å². The average Bonchev–Trinajstić information content (AvgIpc) is 2.33. The third kappa shape index (κ3) is 6.70. The Morgan fingerprint density at radius 2 is 1.84 bits per heavy atom. The van der Waals surface area contributed by atoms with Gasteiger partial charge in [0.05, 0.1) is 7.11 Å². The van der Waals surface area contributed by atoms with Gasteiger partial charge in [0.25, 0.3) is 0 Å². The highest BCUT2D eigenvalue weighted by molar-refractivity contribution is 5.67. The maximum atomic E-state index is 11.4. The summed E-state index contributed by atoms with van der Waals surface area (Å²) in [4.78, 5) is 11.4. The van der Waals surface area contributed by atoms with Crippen LogP contribution < -0.4 is 10.1 Å². The van der Waals surface area contributed by atoms with Gasteiger partial charge in [-0.3, -0.25) is 0 Å². The van der Waals surface area contributed by atoms with Gasteiger partial charge in [-0.05, 0) is 51.3 Å². The van der Waals surface area contributed by atoms with E-state index < -0.39 is 5.60 Å². The van der Waals surface area contributed by atoms with Crippen molar-refractivity contribution in [3.8, 4) is 5.75 Å². The molecule has 0 atom stereocenters. The summed E-state index contributed by atoms with van der Waals surface area (Å²) in [6.07, 6.45) is 1.44. The Morgan fingerprint density at radius 1 is 1.21 bits per heavy atom. The Labute approximate surface area is 115 Å². The van der Waals surface area contributed by atoms with Crippen LogP contribution in [-0.4, -0.2) is 25.3 Å². The topological polar surface area (TPSA) is 47.6 Å². The highest BCUT2D eigenvalue weighted by Crippen LogP contribution is 2.12. The monoisotopic (exact) mass is 265 g/mol. The maximum absolute atomic E-state index is 11.4. The van der Waals surface area contributed by atoms with Gasteiger partial charge in [0, 0.05) is 6.54 Å². The van der Waals surface area contributed by atoms with Crippen LogP contribution in [0.4, 0.5) is 4.79 Å². The molecule has 0 saturated carbocycles. The van der Waals surface area contributed by atoms with Crippen LogP contribution in [0, 0.1) is 0 Å². The molecule has 0 saturated heterocycles. The second kappa shape index (κ2) is 7.02. The summed E-state index contributed by atoms with van der Waals surface area (Å²) in [5, 5.41) is 2.75. The van der Waals surface area contributed by atoms with Gasteiger partial charge in [-0.25, -0.2) is 4.79 Å². The molecule has 0 aliphatic carbocycles. The number of hydrogen-bond acceptors (Lipinski definition) is 3. The van der Waals surface area contributed by atoms with E-state index in [0.29, 0.717) is 6.54 Å². The van der Waals surface area contributed by atoms with Crippen molar-refractivity contribution >= 4 is 6.09 Å². The maximum Gasteiger partial charge on any atom is 0.407 e. The molecule has 19 heavy (non-hydrogen) atoms. The number of hydrogen-bond donors (Lipinski definition) is 1. The third-order valence-corrected chi connectivity index (χ3v) is 2.47. The molecule has 1 aromatic rings. The number of benzene rings is 1. The van der Waals surface area contributed by atoms with Crippen molar-refractivity contribution in [3.05, 3.63) is 29.8 Å². The third-order valence-electron chi connectivity index (χ3n) is 2.47. The van der Waals surface area contributed by atoms with Gasteiger partial charge in [-0.15, -0.1) is 0 Å². The smallest absolute Gasteiger partial charge is 0.407 e. The summed E-state index contributed by atoms with van der Waals surface area (Å²) in [7, 11) is 1.65. The van der Waals surface area contributed by atoms with Gasteiger partial charge in [0.1, 0.15) is 11.4 Å². The molecule has 0 aliphatic heterocycles. The molecule has 4 heteroatoms. The number of carbonyl (C=O) groups excluding carboxylic acids is 1. The lowest BCUT2D eigenvalue weighted by Gasteiger charge is -2.19. The molecule has 106 valence electrons. The summed E-state index contributed by atoms with van der Waals surface area (Å²) >= 11 is 0. The summed E-state index contributed by atoms with van der Waals surface area (Å²) in [5.41, 5.74) is 0.784. The van der Waals surface area contributed by atoms with Gasteiger partial charge in [-0.1, -0.05) is 12.1 Å². The quantitative estimate of drug-likeness (QED) is 0.832. The fraction of sp³-hybridized carbons (Fsp3) is 0.533. The van der Waals surface area contributed by atoms with Crippen LogP contribution in [0.25, 0.3) is 0 Å². The van der Waals surface area contributed by atoms with Crippen LogP contribution >= 0.6 is 0 Å². The number of rotatable bonds is 5. The van der Waals surface area contributed by atoms with E-state index in [-0.39, 0.29) is 6.09 Å². The molecular weight excluding hydrogens is 242 g/mol. The van der Waals surface area contributed by atoms with Crippen molar-refractivity contribution in [1.29, 1.82) is 0 Å². The number of methoxy groups -OCH3 is 1. The second-order valence-corrected chi connectivity index (χ2v) is 5.38. The molecule has 0 unspecified atom stereocenters. The SMILES string of the molecule is COc1ccc(CCCNC(=O)OC(C)(C)C)cc1. The first-order chi connectivity index (χ1) is 8.90. The molecule has 1 rings (SSSR count). The molecule has 1 amide bonds. The van der Waals surface area contributed by atoms with Crippen LogP contribution in [0.1, 0.15) is 32.8 Å². The highest BCUT2D eigenvalue weighted by Gasteiger charge is 2.15. The average molecular weight is 265 g/mol. The Bertz CT molecular complexity index is 393. The zero-order valence-corrected chi connectivity index (χ0v) is 12.2. The van der Waals surface area contributed by atoms with Crippen molar-refractivity contribution in [2.75, 3.05) is 13.7 Å². The van der Waals surface area contributed by atoms with Gasteiger partial charge in [0.2, 0.25) is 0 Å². The normalized spacial score (nSPS) is 10.9. The Balaban J connectivity index is 2.21. The largest absolute Gasteiger partial charge is 0.497 e. The molecule has 0 radical (unpaired) electrons. The van der Waals surface area contributed by atoms with E-state index in [2.05, 4.69) is 5.32 Å². The molecule has 0 fully saturated rings. The Morgan fingerprint density at radius 3 is 2.37 bits per heavy atom. The second-order valence-electron chi connectivity index (χ2n) is 5.38. The minimum Gasteiger partial charge on any atom is -0.497 e. The van der Waals surface area contributed by atoms with E-state index in [4.69, 9.17) is 9.47 Å². The van der Waals surface area contributed by atoms with E-state index in [1.165, 1.54) is 5.56 Å². The predicted molar refractivity (Wildman–Crippen MR) is 75.6 cm³/mol. The van der Waals surface area contributed by atoms with Gasteiger partial charge in [-0.2, -0.15) is 0 Å². The molecular formula is C15H23NO3. The predicted octanol–water partition coefficient (Wildman–Crippen LogP) is 3.15. The molecule has 0 bridgehead atoms. The van der Waals surface area contributed by atoms with E-state index >= 15 is 0 Å². The van der Waals surface area contributed by atoms with E-state index in [9.17, 15) is 4.79 Å². The van der Waals surface area contributed by atoms with E-state index in [0.717, 1.165) is 18.6 Å². The van der Waals surface area contributed by atoms with Gasteiger partial charge >= 0.3 is 6.09 Å². The molecule has 0 spiro atoms. The number of ether oxygens (including phenoxy) is 2. The lowest BCUT2D eigenvalue weighted by atomic mass is 10.1. The first-order valence-corrected chi connectivity index (χ1v) is 6.50. The molecule has 0 heterocycles. The molecule has 0 aliphatic rings. The van der Waals surface area contributed by atoms with Crippen molar-refractivity contribution < 1.29 is 14.3 Å². The van der Waals surface area contributed by atoms with Crippen LogP contribution in [0.5, 0.6) is 5.75 Å². The van der Waals surface area contributed by atoms with E-state index in [1.807, 2.05) is 45.0 Å². The van der Waals surface area contributed by atoms with Crippen molar-refractivity contribution in [2.24, 2.45) is 0 Å². The van der Waals surface area contributed by atoms with Crippen molar-refractivity contribution in [2.45, 2.75) is 39.2 Å². The molecule has 1 N–H and O–H groups in total.